The maximum absolute atomic E-state index is 12.1. The highest BCUT2D eigenvalue weighted by atomic mass is 16.4. The zero-order valence-corrected chi connectivity index (χ0v) is 11.5. The van der Waals surface area contributed by atoms with Gasteiger partial charge < -0.3 is 14.9 Å². The van der Waals surface area contributed by atoms with Crippen molar-refractivity contribution in [2.75, 3.05) is 20.1 Å². The normalized spacial score (nSPS) is 11.1. The second-order valence-electron chi connectivity index (χ2n) is 5.21. The largest absolute Gasteiger partial charge is 0.480 e. The van der Waals surface area contributed by atoms with Gasteiger partial charge in [-0.05, 0) is 27.2 Å². The molecular weight excluding hydrogens is 220 g/mol. The summed E-state index contributed by atoms with van der Waals surface area (Å²) in [6.07, 6.45) is 1.93. The van der Waals surface area contributed by atoms with Crippen molar-refractivity contribution in [2.45, 2.75) is 46.1 Å². The molecule has 0 saturated heterocycles. The molecule has 1 N–H and O–H groups in total. The van der Waals surface area contributed by atoms with Gasteiger partial charge in [0.1, 0.15) is 6.54 Å². The van der Waals surface area contributed by atoms with Crippen LogP contribution in [0.5, 0.6) is 0 Å². The molecule has 0 aliphatic carbocycles. The van der Waals surface area contributed by atoms with E-state index < -0.39 is 11.5 Å². The minimum absolute atomic E-state index is 0.228. The molecule has 0 bridgehead atoms. The van der Waals surface area contributed by atoms with Gasteiger partial charge in [-0.15, -0.1) is 0 Å². The van der Waals surface area contributed by atoms with E-state index in [-0.39, 0.29) is 12.6 Å². The van der Waals surface area contributed by atoms with Crippen molar-refractivity contribution in [3.8, 4) is 0 Å². The van der Waals surface area contributed by atoms with Crippen LogP contribution >= 0.6 is 0 Å². The Balaban J connectivity index is 4.69. The van der Waals surface area contributed by atoms with Gasteiger partial charge in [0.05, 0.1) is 0 Å². The zero-order valence-electron chi connectivity index (χ0n) is 11.5. The quantitative estimate of drug-likeness (QED) is 0.805. The van der Waals surface area contributed by atoms with Crippen LogP contribution in [0.3, 0.4) is 0 Å². The van der Waals surface area contributed by atoms with E-state index in [1.165, 1.54) is 4.90 Å². The van der Waals surface area contributed by atoms with Crippen molar-refractivity contribution in [1.29, 1.82) is 0 Å². The molecule has 5 nitrogen and oxygen atoms in total. The molecule has 0 spiro atoms. The number of aliphatic carboxylic acids is 1. The molecule has 0 fully saturated rings. The monoisotopic (exact) mass is 244 g/mol. The summed E-state index contributed by atoms with van der Waals surface area (Å²) in [5, 5.41) is 8.84. The zero-order chi connectivity index (χ0) is 13.6. The first-order valence-corrected chi connectivity index (χ1v) is 5.94. The number of hydrogen-bond acceptors (Lipinski definition) is 2. The number of urea groups is 1. The van der Waals surface area contributed by atoms with E-state index in [1.54, 1.807) is 11.9 Å². The Labute approximate surface area is 103 Å². The molecule has 100 valence electrons. The van der Waals surface area contributed by atoms with Gasteiger partial charge in [0.25, 0.3) is 0 Å². The van der Waals surface area contributed by atoms with Crippen LogP contribution in [0.25, 0.3) is 0 Å². The van der Waals surface area contributed by atoms with E-state index in [1.807, 2.05) is 20.8 Å². The number of rotatable bonds is 5. The lowest BCUT2D eigenvalue weighted by Crippen LogP contribution is -2.53. The van der Waals surface area contributed by atoms with Gasteiger partial charge in [0.15, 0.2) is 0 Å². The van der Waals surface area contributed by atoms with Crippen molar-refractivity contribution in [3.05, 3.63) is 0 Å². The van der Waals surface area contributed by atoms with E-state index in [0.29, 0.717) is 6.54 Å². The van der Waals surface area contributed by atoms with Crippen molar-refractivity contribution < 1.29 is 14.7 Å². The molecule has 0 rings (SSSR count). The number of amides is 2. The Hall–Kier alpha value is -1.26. The van der Waals surface area contributed by atoms with Crippen LogP contribution in [0.2, 0.25) is 0 Å². The Morgan fingerprint density at radius 1 is 1.24 bits per heavy atom. The molecule has 0 unspecified atom stereocenters. The second kappa shape index (κ2) is 6.47. The van der Waals surface area contributed by atoms with Gasteiger partial charge >= 0.3 is 12.0 Å². The fourth-order valence-electron chi connectivity index (χ4n) is 1.42. The lowest BCUT2D eigenvalue weighted by atomic mass is 10.1. The van der Waals surface area contributed by atoms with Gasteiger partial charge in [0, 0.05) is 19.1 Å². The average molecular weight is 244 g/mol. The van der Waals surface area contributed by atoms with Gasteiger partial charge in [-0.1, -0.05) is 13.3 Å². The first-order valence-electron chi connectivity index (χ1n) is 5.94. The summed E-state index contributed by atoms with van der Waals surface area (Å²) in [6, 6.07) is -0.228. The molecule has 0 aromatic heterocycles. The summed E-state index contributed by atoms with van der Waals surface area (Å²) < 4.78 is 0. The molecule has 5 heteroatoms. The number of unbranched alkanes of at least 4 members (excludes halogenated alkanes) is 1. The number of carboxylic acids is 1. The minimum Gasteiger partial charge on any atom is -0.480 e. The standard InChI is InChI=1S/C12H24N2O3/c1-6-7-8-13(5)11(17)14(9-10(15)16)12(2,3)4/h6-9H2,1-5H3,(H,15,16). The fraction of sp³-hybridized carbons (Fsp3) is 0.833. The third-order valence-electron chi connectivity index (χ3n) is 2.51. The molecule has 2 amide bonds. The highest BCUT2D eigenvalue weighted by Gasteiger charge is 2.30. The Morgan fingerprint density at radius 2 is 1.76 bits per heavy atom. The highest BCUT2D eigenvalue weighted by molar-refractivity contribution is 5.80. The topological polar surface area (TPSA) is 60.9 Å². The molecule has 0 saturated carbocycles. The SMILES string of the molecule is CCCCN(C)C(=O)N(CC(=O)O)C(C)(C)C. The van der Waals surface area contributed by atoms with Crippen LogP contribution in [-0.4, -0.2) is 52.6 Å². The first kappa shape index (κ1) is 15.7. The van der Waals surface area contributed by atoms with E-state index in [0.717, 1.165) is 12.8 Å². The molecule has 17 heavy (non-hydrogen) atoms. The lowest BCUT2D eigenvalue weighted by Gasteiger charge is -2.37. The van der Waals surface area contributed by atoms with Crippen LogP contribution in [0.4, 0.5) is 4.79 Å². The third-order valence-corrected chi connectivity index (χ3v) is 2.51. The molecule has 0 atom stereocenters. The summed E-state index contributed by atoms with van der Waals surface area (Å²) in [5.41, 5.74) is -0.490. The Bertz CT molecular complexity index is 271. The van der Waals surface area contributed by atoms with E-state index in [9.17, 15) is 9.59 Å². The molecule has 0 heterocycles. The summed E-state index contributed by atoms with van der Waals surface area (Å²) in [5.74, 6) is -0.989. The van der Waals surface area contributed by atoms with Gasteiger partial charge in [-0.25, -0.2) is 4.79 Å². The second-order valence-corrected chi connectivity index (χ2v) is 5.21. The van der Waals surface area contributed by atoms with E-state index in [2.05, 4.69) is 6.92 Å². The van der Waals surface area contributed by atoms with Gasteiger partial charge in [-0.3, -0.25) is 4.79 Å². The summed E-state index contributed by atoms with van der Waals surface area (Å²) in [6.45, 7) is 7.95. The van der Waals surface area contributed by atoms with Crippen LogP contribution in [0.1, 0.15) is 40.5 Å². The minimum atomic E-state index is -0.989. The summed E-state index contributed by atoms with van der Waals surface area (Å²) in [7, 11) is 1.71. The fourth-order valence-corrected chi connectivity index (χ4v) is 1.42. The third kappa shape index (κ3) is 5.56. The first-order chi connectivity index (χ1) is 7.70. The van der Waals surface area contributed by atoms with Crippen LogP contribution in [0, 0.1) is 0 Å². The van der Waals surface area contributed by atoms with E-state index in [4.69, 9.17) is 5.11 Å². The molecule has 0 radical (unpaired) electrons. The number of carbonyl (C=O) groups is 2. The molecule has 0 aliphatic rings. The number of hydrogen-bond donors (Lipinski definition) is 1. The predicted molar refractivity (Wildman–Crippen MR) is 67.0 cm³/mol. The van der Waals surface area contributed by atoms with Crippen molar-refractivity contribution >= 4 is 12.0 Å². The summed E-state index contributed by atoms with van der Waals surface area (Å²) in [4.78, 5) is 25.9. The van der Waals surface area contributed by atoms with Crippen LogP contribution in [0.15, 0.2) is 0 Å². The van der Waals surface area contributed by atoms with Gasteiger partial charge in [-0.2, -0.15) is 0 Å². The maximum atomic E-state index is 12.1. The molecule has 0 aromatic carbocycles. The maximum Gasteiger partial charge on any atom is 0.323 e. The molecule has 0 aliphatic heterocycles. The summed E-state index contributed by atoms with van der Waals surface area (Å²) >= 11 is 0. The van der Waals surface area contributed by atoms with Crippen molar-refractivity contribution in [1.82, 2.24) is 9.80 Å². The highest BCUT2D eigenvalue weighted by Crippen LogP contribution is 2.15. The number of nitrogens with zero attached hydrogens (tertiary/aromatic N) is 2. The number of carboxylic acid groups (broad SMARTS) is 1. The Kier molecular flexibility index (Phi) is 5.99. The van der Waals surface area contributed by atoms with E-state index >= 15 is 0 Å². The molecule has 0 aromatic rings. The van der Waals surface area contributed by atoms with Crippen molar-refractivity contribution in [3.63, 3.8) is 0 Å². The Morgan fingerprint density at radius 3 is 2.12 bits per heavy atom. The number of carbonyl (C=O) groups excluding carboxylic acids is 1. The predicted octanol–water partition coefficient (Wildman–Crippen LogP) is 2.02. The van der Waals surface area contributed by atoms with Gasteiger partial charge in [0.2, 0.25) is 0 Å². The average Bonchev–Trinajstić information content (AvgIpc) is 2.19. The molecular formula is C12H24N2O3. The smallest absolute Gasteiger partial charge is 0.323 e. The lowest BCUT2D eigenvalue weighted by molar-refractivity contribution is -0.138. The van der Waals surface area contributed by atoms with Crippen LogP contribution < -0.4 is 0 Å². The van der Waals surface area contributed by atoms with Crippen molar-refractivity contribution in [2.24, 2.45) is 0 Å². The van der Waals surface area contributed by atoms with Crippen LogP contribution in [-0.2, 0) is 4.79 Å².